The van der Waals surface area contributed by atoms with Gasteiger partial charge in [-0.25, -0.2) is 14.6 Å². The fourth-order valence-electron chi connectivity index (χ4n) is 2.47. The summed E-state index contributed by atoms with van der Waals surface area (Å²) in [5.41, 5.74) is 3.36. The average molecular weight is 482 g/mol. The first kappa shape index (κ1) is 23.6. The van der Waals surface area contributed by atoms with Crippen molar-refractivity contribution >= 4 is 29.5 Å². The first-order valence-electron chi connectivity index (χ1n) is 9.33. The van der Waals surface area contributed by atoms with Crippen molar-refractivity contribution in [1.29, 1.82) is 0 Å². The molecule has 32 heavy (non-hydrogen) atoms. The maximum atomic E-state index is 11.7. The van der Waals surface area contributed by atoms with Crippen LogP contribution in [-0.4, -0.2) is 27.9 Å². The standard InChI is InChI=1S/C20H20ClN3O7S/c1-10-5-22-6-15(21)14(10)8-32-18-23-12(3)11(2)17(24-18)28-9-29-19(25)27-7-16-13(4)30-20(26)31-16/h5-6H,7-9H2,1-4H3. The summed E-state index contributed by atoms with van der Waals surface area (Å²) in [6.45, 7) is 6.34. The molecule has 0 aliphatic rings. The predicted octanol–water partition coefficient (Wildman–Crippen LogP) is 4.29. The van der Waals surface area contributed by atoms with Crippen molar-refractivity contribution in [3.63, 3.8) is 0 Å². The Bertz CT molecular complexity index is 1160. The van der Waals surface area contributed by atoms with Crippen LogP contribution in [-0.2, 0) is 21.8 Å². The average Bonchev–Trinajstić information content (AvgIpc) is 3.06. The van der Waals surface area contributed by atoms with E-state index in [1.54, 1.807) is 19.3 Å². The number of aromatic nitrogens is 3. The minimum atomic E-state index is -1.01. The van der Waals surface area contributed by atoms with E-state index in [1.807, 2.05) is 13.8 Å². The van der Waals surface area contributed by atoms with Crippen LogP contribution >= 0.6 is 23.4 Å². The van der Waals surface area contributed by atoms with Crippen molar-refractivity contribution in [3.05, 3.63) is 61.9 Å². The molecule has 0 saturated heterocycles. The number of halogens is 1. The summed E-state index contributed by atoms with van der Waals surface area (Å²) in [5, 5.41) is 1.07. The molecule has 10 nitrogen and oxygen atoms in total. The lowest BCUT2D eigenvalue weighted by atomic mass is 10.2. The van der Waals surface area contributed by atoms with E-state index < -0.39 is 18.8 Å². The van der Waals surface area contributed by atoms with Crippen molar-refractivity contribution in [2.24, 2.45) is 0 Å². The molecular formula is C20H20ClN3O7S. The van der Waals surface area contributed by atoms with Gasteiger partial charge in [-0.15, -0.1) is 0 Å². The van der Waals surface area contributed by atoms with E-state index in [4.69, 9.17) is 30.2 Å². The summed E-state index contributed by atoms with van der Waals surface area (Å²) < 4.78 is 24.6. The zero-order valence-corrected chi connectivity index (χ0v) is 19.3. The normalized spacial score (nSPS) is 10.8. The Morgan fingerprint density at radius 3 is 2.59 bits per heavy atom. The zero-order chi connectivity index (χ0) is 23.3. The molecule has 0 radical (unpaired) electrons. The lowest BCUT2D eigenvalue weighted by molar-refractivity contribution is -0.00350. The van der Waals surface area contributed by atoms with Gasteiger partial charge in [-0.1, -0.05) is 23.4 Å². The molecule has 0 aliphatic heterocycles. The second kappa shape index (κ2) is 10.5. The molecule has 0 atom stereocenters. The molecule has 3 heterocycles. The van der Waals surface area contributed by atoms with Gasteiger partial charge in [-0.2, -0.15) is 4.98 Å². The second-order valence-electron chi connectivity index (χ2n) is 6.61. The summed E-state index contributed by atoms with van der Waals surface area (Å²) in [6, 6.07) is 0. The van der Waals surface area contributed by atoms with Gasteiger partial charge in [0.25, 0.3) is 0 Å². The Labute approximate surface area is 192 Å². The van der Waals surface area contributed by atoms with Crippen molar-refractivity contribution in [2.45, 2.75) is 45.2 Å². The molecule has 0 amide bonds. The largest absolute Gasteiger partial charge is 0.519 e. The van der Waals surface area contributed by atoms with Crippen LogP contribution in [0.5, 0.6) is 5.88 Å². The van der Waals surface area contributed by atoms with Crippen molar-refractivity contribution < 1.29 is 27.8 Å². The maximum absolute atomic E-state index is 11.7. The van der Waals surface area contributed by atoms with Crippen molar-refractivity contribution in [3.8, 4) is 5.88 Å². The van der Waals surface area contributed by atoms with Gasteiger partial charge in [0.1, 0.15) is 0 Å². The minimum Gasteiger partial charge on any atom is -0.440 e. The molecule has 0 fully saturated rings. The SMILES string of the molecule is Cc1cncc(Cl)c1CSc1nc(C)c(C)c(OCOC(=O)OCc2oc(=O)oc2C)n1. The summed E-state index contributed by atoms with van der Waals surface area (Å²) in [6.07, 6.45) is 2.34. The molecule has 0 spiro atoms. The van der Waals surface area contributed by atoms with Crippen LogP contribution in [0.25, 0.3) is 0 Å². The fraction of sp³-hybridized carbons (Fsp3) is 0.350. The van der Waals surface area contributed by atoms with Crippen LogP contribution in [0.3, 0.4) is 0 Å². The van der Waals surface area contributed by atoms with Gasteiger partial charge in [0.2, 0.25) is 12.7 Å². The number of hydrogen-bond acceptors (Lipinski definition) is 11. The Morgan fingerprint density at radius 1 is 1.12 bits per heavy atom. The zero-order valence-electron chi connectivity index (χ0n) is 17.8. The molecule has 3 rings (SSSR count). The van der Waals surface area contributed by atoms with E-state index in [9.17, 15) is 9.59 Å². The molecule has 170 valence electrons. The Kier molecular flexibility index (Phi) is 7.75. The summed E-state index contributed by atoms with van der Waals surface area (Å²) >= 11 is 7.62. The molecule has 12 heteroatoms. The van der Waals surface area contributed by atoms with Gasteiger partial charge in [-0.3, -0.25) is 4.98 Å². The van der Waals surface area contributed by atoms with Crippen LogP contribution < -0.4 is 10.6 Å². The van der Waals surface area contributed by atoms with Crippen LogP contribution in [0.4, 0.5) is 4.79 Å². The number of hydrogen-bond donors (Lipinski definition) is 0. The highest BCUT2D eigenvalue weighted by Gasteiger charge is 2.15. The molecule has 0 bridgehead atoms. The van der Waals surface area contributed by atoms with Gasteiger partial charge < -0.3 is 23.0 Å². The number of carbonyl (C=O) groups is 1. The Hall–Kier alpha value is -3.05. The first-order valence-corrected chi connectivity index (χ1v) is 10.7. The second-order valence-corrected chi connectivity index (χ2v) is 7.96. The van der Waals surface area contributed by atoms with Crippen LogP contribution in [0.15, 0.2) is 31.2 Å². The molecule has 3 aromatic heterocycles. The Morgan fingerprint density at radius 2 is 1.91 bits per heavy atom. The number of nitrogens with zero attached hydrogens (tertiary/aromatic N) is 3. The third-order valence-electron chi connectivity index (χ3n) is 4.42. The van der Waals surface area contributed by atoms with E-state index in [2.05, 4.69) is 19.4 Å². The summed E-state index contributed by atoms with van der Waals surface area (Å²) in [5.74, 6) is 0.284. The van der Waals surface area contributed by atoms with Crippen molar-refractivity contribution in [1.82, 2.24) is 15.0 Å². The van der Waals surface area contributed by atoms with E-state index >= 15 is 0 Å². The number of thioether (sulfide) groups is 1. The quantitative estimate of drug-likeness (QED) is 0.198. The number of carbonyl (C=O) groups excluding carboxylic acids is 1. The third kappa shape index (κ3) is 6.01. The van der Waals surface area contributed by atoms with Gasteiger partial charge in [0.05, 0.1) is 5.02 Å². The van der Waals surface area contributed by atoms with E-state index in [0.29, 0.717) is 21.5 Å². The minimum absolute atomic E-state index is 0.0985. The van der Waals surface area contributed by atoms with Crippen LogP contribution in [0.1, 0.15) is 33.9 Å². The molecule has 0 saturated carbocycles. The lowest BCUT2D eigenvalue weighted by Crippen LogP contribution is -2.13. The topological polar surface area (TPSA) is 127 Å². The van der Waals surface area contributed by atoms with Gasteiger partial charge in [0.15, 0.2) is 23.3 Å². The third-order valence-corrected chi connectivity index (χ3v) is 5.62. The van der Waals surface area contributed by atoms with Gasteiger partial charge in [-0.05, 0) is 38.8 Å². The smallest absolute Gasteiger partial charge is 0.440 e. The van der Waals surface area contributed by atoms with Gasteiger partial charge in [0, 0.05) is 29.4 Å². The van der Waals surface area contributed by atoms with Crippen LogP contribution in [0.2, 0.25) is 5.02 Å². The van der Waals surface area contributed by atoms with Gasteiger partial charge >= 0.3 is 12.0 Å². The highest BCUT2D eigenvalue weighted by atomic mass is 35.5. The maximum Gasteiger partial charge on any atom is 0.519 e. The van der Waals surface area contributed by atoms with E-state index in [-0.39, 0.29) is 24.0 Å². The number of aryl methyl sites for hydroxylation is 3. The number of ether oxygens (including phenoxy) is 3. The van der Waals surface area contributed by atoms with E-state index in [0.717, 1.165) is 16.8 Å². The molecule has 0 N–H and O–H groups in total. The fourth-order valence-corrected chi connectivity index (χ4v) is 3.82. The molecule has 3 aromatic rings. The van der Waals surface area contributed by atoms with E-state index in [1.165, 1.54) is 18.7 Å². The van der Waals surface area contributed by atoms with Crippen LogP contribution in [0, 0.1) is 27.7 Å². The number of rotatable bonds is 8. The predicted molar refractivity (Wildman–Crippen MR) is 114 cm³/mol. The molecule has 0 aromatic carbocycles. The molecular weight excluding hydrogens is 462 g/mol. The first-order chi connectivity index (χ1) is 15.2. The molecule has 0 aliphatic carbocycles. The number of pyridine rings is 1. The monoisotopic (exact) mass is 481 g/mol. The highest BCUT2D eigenvalue weighted by Crippen LogP contribution is 2.29. The summed E-state index contributed by atoms with van der Waals surface area (Å²) in [4.78, 5) is 35.6. The summed E-state index contributed by atoms with van der Waals surface area (Å²) in [7, 11) is 0. The Balaban J connectivity index is 1.55. The lowest BCUT2D eigenvalue weighted by Gasteiger charge is -2.12. The highest BCUT2D eigenvalue weighted by molar-refractivity contribution is 7.98. The van der Waals surface area contributed by atoms with Crippen molar-refractivity contribution in [2.75, 3.05) is 6.79 Å². The molecule has 0 unspecified atom stereocenters.